The number of methoxy groups -OCH3 is 1. The zero-order valence-electron chi connectivity index (χ0n) is 12.4. The van der Waals surface area contributed by atoms with Crippen LogP contribution in [-0.2, 0) is 0 Å². The Hall–Kier alpha value is -1.34. The van der Waals surface area contributed by atoms with Crippen molar-refractivity contribution in [3.63, 3.8) is 0 Å². The Morgan fingerprint density at radius 1 is 1.27 bits per heavy atom. The van der Waals surface area contributed by atoms with Gasteiger partial charge >= 0.3 is 6.18 Å². The lowest BCUT2D eigenvalue weighted by atomic mass is 9.98. The highest BCUT2D eigenvalue weighted by atomic mass is 19.4. The molecular weight excluding hydrogens is 300 g/mol. The number of hydrogen-bond acceptors (Lipinski definition) is 3. The van der Waals surface area contributed by atoms with Crippen molar-refractivity contribution in [1.82, 2.24) is 10.2 Å². The normalized spacial score (nSPS) is 18.2. The van der Waals surface area contributed by atoms with Crippen molar-refractivity contribution in [3.05, 3.63) is 29.6 Å². The van der Waals surface area contributed by atoms with E-state index in [1.54, 1.807) is 6.07 Å². The lowest BCUT2D eigenvalue weighted by molar-refractivity contribution is -0.138. The van der Waals surface area contributed by atoms with Gasteiger partial charge in [-0.15, -0.1) is 0 Å². The third kappa shape index (κ3) is 4.58. The molecule has 7 heteroatoms. The van der Waals surface area contributed by atoms with Crippen molar-refractivity contribution in [3.8, 4) is 5.75 Å². The van der Waals surface area contributed by atoms with Gasteiger partial charge in [-0.2, -0.15) is 13.2 Å². The zero-order valence-corrected chi connectivity index (χ0v) is 12.4. The van der Waals surface area contributed by atoms with Crippen LogP contribution in [0.2, 0.25) is 0 Å². The Morgan fingerprint density at radius 2 is 1.95 bits per heavy atom. The van der Waals surface area contributed by atoms with Gasteiger partial charge in [-0.05, 0) is 12.5 Å². The van der Waals surface area contributed by atoms with Gasteiger partial charge in [-0.25, -0.2) is 4.39 Å². The van der Waals surface area contributed by atoms with E-state index in [1.165, 1.54) is 19.2 Å². The van der Waals surface area contributed by atoms with Crippen LogP contribution in [0.4, 0.5) is 17.6 Å². The Bertz CT molecular complexity index is 487. The summed E-state index contributed by atoms with van der Waals surface area (Å²) in [7, 11) is 1.42. The molecule has 1 heterocycles. The maximum Gasteiger partial charge on any atom is 0.389 e. The number of ether oxygens (including phenoxy) is 1. The number of benzene rings is 1. The third-order valence-electron chi connectivity index (χ3n) is 3.86. The zero-order chi connectivity index (χ0) is 16.2. The van der Waals surface area contributed by atoms with Gasteiger partial charge in [0.25, 0.3) is 0 Å². The number of halogens is 4. The minimum atomic E-state index is -4.24. The first-order chi connectivity index (χ1) is 10.4. The lowest BCUT2D eigenvalue weighted by Gasteiger charge is -2.35. The Balaban J connectivity index is 2.22. The van der Waals surface area contributed by atoms with Crippen molar-refractivity contribution >= 4 is 0 Å². The highest BCUT2D eigenvalue weighted by molar-refractivity contribution is 5.31. The molecule has 124 valence electrons. The molecule has 1 aliphatic heterocycles. The summed E-state index contributed by atoms with van der Waals surface area (Å²) in [5.74, 6) is -0.166. The number of alkyl halides is 3. The average molecular weight is 320 g/mol. The van der Waals surface area contributed by atoms with Gasteiger partial charge in [0, 0.05) is 50.3 Å². The quantitative estimate of drug-likeness (QED) is 0.844. The summed E-state index contributed by atoms with van der Waals surface area (Å²) in [6, 6.07) is 3.76. The fraction of sp³-hybridized carbons (Fsp3) is 0.600. The SMILES string of the molecule is COc1ccc([C@@H](CCC(F)(F)F)N2CCNCC2)c(F)c1. The summed E-state index contributed by atoms with van der Waals surface area (Å²) < 4.78 is 56.9. The smallest absolute Gasteiger partial charge is 0.389 e. The van der Waals surface area contributed by atoms with Gasteiger partial charge in [-0.1, -0.05) is 6.07 Å². The summed E-state index contributed by atoms with van der Waals surface area (Å²) in [5.41, 5.74) is 0.298. The number of rotatable bonds is 5. The lowest BCUT2D eigenvalue weighted by Crippen LogP contribution is -2.45. The predicted molar refractivity (Wildman–Crippen MR) is 75.4 cm³/mol. The van der Waals surface area contributed by atoms with Crippen LogP contribution in [0.15, 0.2) is 18.2 Å². The number of nitrogens with zero attached hydrogens (tertiary/aromatic N) is 1. The van der Waals surface area contributed by atoms with E-state index in [1.807, 2.05) is 4.90 Å². The molecule has 1 fully saturated rings. The van der Waals surface area contributed by atoms with Crippen LogP contribution in [0.1, 0.15) is 24.4 Å². The minimum Gasteiger partial charge on any atom is -0.497 e. The van der Waals surface area contributed by atoms with E-state index in [2.05, 4.69) is 5.32 Å². The van der Waals surface area contributed by atoms with E-state index >= 15 is 0 Å². The van der Waals surface area contributed by atoms with Crippen molar-refractivity contribution in [2.75, 3.05) is 33.3 Å². The van der Waals surface area contributed by atoms with Crippen LogP contribution in [-0.4, -0.2) is 44.4 Å². The molecule has 3 nitrogen and oxygen atoms in total. The monoisotopic (exact) mass is 320 g/mol. The second-order valence-corrected chi connectivity index (χ2v) is 5.34. The van der Waals surface area contributed by atoms with Gasteiger partial charge in [0.1, 0.15) is 11.6 Å². The molecule has 1 aliphatic rings. The molecule has 0 amide bonds. The molecule has 0 spiro atoms. The van der Waals surface area contributed by atoms with E-state index in [9.17, 15) is 17.6 Å². The maximum atomic E-state index is 14.3. The molecule has 1 aromatic carbocycles. The van der Waals surface area contributed by atoms with E-state index < -0.39 is 24.5 Å². The second-order valence-electron chi connectivity index (χ2n) is 5.34. The van der Waals surface area contributed by atoms with Crippen molar-refractivity contribution < 1.29 is 22.3 Å². The van der Waals surface area contributed by atoms with Crippen LogP contribution in [0.25, 0.3) is 0 Å². The van der Waals surface area contributed by atoms with Crippen LogP contribution in [0.5, 0.6) is 5.75 Å². The Labute approximate surface area is 127 Å². The predicted octanol–water partition coefficient (Wildman–Crippen LogP) is 3.12. The topological polar surface area (TPSA) is 24.5 Å². The highest BCUT2D eigenvalue weighted by Gasteiger charge is 2.32. The molecular formula is C15H20F4N2O. The van der Waals surface area contributed by atoms with E-state index in [0.29, 0.717) is 37.5 Å². The molecule has 0 radical (unpaired) electrons. The molecule has 22 heavy (non-hydrogen) atoms. The summed E-state index contributed by atoms with van der Waals surface area (Å²) in [4.78, 5) is 1.91. The minimum absolute atomic E-state index is 0.146. The molecule has 2 rings (SSSR count). The molecule has 0 saturated carbocycles. The van der Waals surface area contributed by atoms with Gasteiger partial charge in [0.05, 0.1) is 7.11 Å². The molecule has 1 atom stereocenters. The first-order valence-electron chi connectivity index (χ1n) is 7.25. The van der Waals surface area contributed by atoms with E-state index in [4.69, 9.17) is 4.74 Å². The fourth-order valence-electron chi connectivity index (χ4n) is 2.73. The molecule has 1 saturated heterocycles. The van der Waals surface area contributed by atoms with Gasteiger partial charge in [0.15, 0.2) is 0 Å². The fourth-order valence-corrected chi connectivity index (χ4v) is 2.73. The highest BCUT2D eigenvalue weighted by Crippen LogP contribution is 2.33. The summed E-state index contributed by atoms with van der Waals surface area (Å²) >= 11 is 0. The standard InChI is InChI=1S/C15H20F4N2O/c1-22-11-2-3-12(13(16)10-11)14(4-5-15(17,18)19)21-8-6-20-7-9-21/h2-3,10,14,20H,4-9H2,1H3/t14-/m1/s1. The largest absolute Gasteiger partial charge is 0.497 e. The van der Waals surface area contributed by atoms with Crippen molar-refractivity contribution in [2.45, 2.75) is 25.1 Å². The summed E-state index contributed by atoms with van der Waals surface area (Å²) in [6.07, 6.45) is -5.31. The maximum absolute atomic E-state index is 14.3. The second kappa shape index (κ2) is 7.28. The molecule has 0 bridgehead atoms. The average Bonchev–Trinajstić information content (AvgIpc) is 2.48. The molecule has 1 aromatic rings. The first kappa shape index (κ1) is 17.0. The first-order valence-corrected chi connectivity index (χ1v) is 7.25. The van der Waals surface area contributed by atoms with Crippen LogP contribution in [0, 0.1) is 5.82 Å². The van der Waals surface area contributed by atoms with Crippen molar-refractivity contribution in [1.29, 1.82) is 0 Å². The summed E-state index contributed by atoms with van der Waals surface area (Å²) in [5, 5.41) is 3.15. The van der Waals surface area contributed by atoms with Crippen molar-refractivity contribution in [2.24, 2.45) is 0 Å². The van der Waals surface area contributed by atoms with Gasteiger partial charge < -0.3 is 10.1 Å². The molecule has 0 aromatic heterocycles. The molecule has 0 aliphatic carbocycles. The van der Waals surface area contributed by atoms with Gasteiger partial charge in [-0.3, -0.25) is 4.90 Å². The molecule has 1 N–H and O–H groups in total. The van der Waals surface area contributed by atoms with Gasteiger partial charge in [0.2, 0.25) is 0 Å². The van der Waals surface area contributed by atoms with Crippen LogP contribution < -0.4 is 10.1 Å². The number of nitrogens with one attached hydrogen (secondary N) is 1. The Morgan fingerprint density at radius 3 is 2.50 bits per heavy atom. The van der Waals surface area contributed by atoms with E-state index in [-0.39, 0.29) is 6.42 Å². The Kier molecular flexibility index (Phi) is 5.63. The number of hydrogen-bond donors (Lipinski definition) is 1. The third-order valence-corrected chi connectivity index (χ3v) is 3.86. The van der Waals surface area contributed by atoms with Crippen LogP contribution >= 0.6 is 0 Å². The summed E-state index contributed by atoms with van der Waals surface area (Å²) in [6.45, 7) is 2.60. The van der Waals surface area contributed by atoms with E-state index in [0.717, 1.165) is 0 Å². The molecule has 0 unspecified atom stereocenters. The number of piperazine rings is 1. The van der Waals surface area contributed by atoms with Crippen LogP contribution in [0.3, 0.4) is 0 Å².